The maximum Gasteiger partial charge on any atom is 0.0570 e. The van der Waals surface area contributed by atoms with Crippen LogP contribution in [0.3, 0.4) is 0 Å². The lowest BCUT2D eigenvalue weighted by molar-refractivity contribution is -0.0337. The Labute approximate surface area is 91.6 Å². The van der Waals surface area contributed by atoms with E-state index in [4.69, 9.17) is 4.74 Å². The number of rotatable bonds is 2. The summed E-state index contributed by atoms with van der Waals surface area (Å²) in [4.78, 5) is 0. The summed E-state index contributed by atoms with van der Waals surface area (Å²) in [6.45, 7) is 4.30. The van der Waals surface area contributed by atoms with Gasteiger partial charge < -0.3 is 10.1 Å². The van der Waals surface area contributed by atoms with Gasteiger partial charge in [-0.25, -0.2) is 0 Å². The fourth-order valence-corrected chi connectivity index (χ4v) is 2.29. The second-order valence-corrected chi connectivity index (χ2v) is 4.44. The number of para-hydroxylation sites is 1. The molecule has 0 unspecified atom stereocenters. The summed E-state index contributed by atoms with van der Waals surface area (Å²) < 4.78 is 5.71. The first-order valence-electron chi connectivity index (χ1n) is 5.71. The van der Waals surface area contributed by atoms with Crippen molar-refractivity contribution < 1.29 is 4.74 Å². The maximum atomic E-state index is 5.71. The molecule has 0 spiro atoms. The van der Waals surface area contributed by atoms with E-state index in [1.54, 1.807) is 0 Å². The lowest BCUT2D eigenvalue weighted by atomic mass is 9.99. The predicted octanol–water partition coefficient (Wildman–Crippen LogP) is 3.05. The molecule has 2 rings (SSSR count). The molecule has 1 fully saturated rings. The monoisotopic (exact) mass is 205 g/mol. The van der Waals surface area contributed by atoms with Crippen molar-refractivity contribution in [1.29, 1.82) is 0 Å². The standard InChI is InChI=1S/C13H19NO/c1-10-8-13(9-11(2)15-10)14-12-6-4-3-5-7-12/h3-7,10-11,13-14H,8-9H2,1-2H3/t10-,11-/m1/s1. The van der Waals surface area contributed by atoms with Gasteiger partial charge in [0.2, 0.25) is 0 Å². The first-order valence-corrected chi connectivity index (χ1v) is 5.71. The van der Waals surface area contributed by atoms with Gasteiger partial charge in [-0.1, -0.05) is 18.2 Å². The summed E-state index contributed by atoms with van der Waals surface area (Å²) in [5, 5.41) is 3.56. The summed E-state index contributed by atoms with van der Waals surface area (Å²) in [5.41, 5.74) is 1.21. The highest BCUT2D eigenvalue weighted by atomic mass is 16.5. The van der Waals surface area contributed by atoms with E-state index in [-0.39, 0.29) is 0 Å². The second-order valence-electron chi connectivity index (χ2n) is 4.44. The fraction of sp³-hybridized carbons (Fsp3) is 0.538. The Morgan fingerprint density at radius 3 is 2.27 bits per heavy atom. The van der Waals surface area contributed by atoms with E-state index < -0.39 is 0 Å². The van der Waals surface area contributed by atoms with Gasteiger partial charge in [-0.3, -0.25) is 0 Å². The van der Waals surface area contributed by atoms with Crippen molar-refractivity contribution in [1.82, 2.24) is 0 Å². The minimum atomic E-state index is 0.370. The lowest BCUT2D eigenvalue weighted by Crippen LogP contribution is -2.36. The smallest absolute Gasteiger partial charge is 0.0570 e. The summed E-state index contributed by atoms with van der Waals surface area (Å²) >= 11 is 0. The van der Waals surface area contributed by atoms with E-state index in [0.29, 0.717) is 18.2 Å². The van der Waals surface area contributed by atoms with E-state index in [0.717, 1.165) is 12.8 Å². The van der Waals surface area contributed by atoms with Crippen LogP contribution in [-0.4, -0.2) is 18.2 Å². The molecule has 15 heavy (non-hydrogen) atoms. The third-order valence-corrected chi connectivity index (χ3v) is 2.84. The Balaban J connectivity index is 1.94. The van der Waals surface area contributed by atoms with Gasteiger partial charge in [0.1, 0.15) is 0 Å². The molecule has 0 radical (unpaired) electrons. The molecular formula is C13H19NO. The number of hydrogen-bond donors (Lipinski definition) is 1. The van der Waals surface area contributed by atoms with Crippen LogP contribution < -0.4 is 5.32 Å². The van der Waals surface area contributed by atoms with E-state index >= 15 is 0 Å². The summed E-state index contributed by atoms with van der Waals surface area (Å²) in [7, 11) is 0. The SMILES string of the molecule is C[C@@H]1CC(Nc2ccccc2)C[C@@H](C)O1. The third-order valence-electron chi connectivity index (χ3n) is 2.84. The van der Waals surface area contributed by atoms with Gasteiger partial charge in [0.15, 0.2) is 0 Å². The van der Waals surface area contributed by atoms with Crippen LogP contribution in [-0.2, 0) is 4.74 Å². The molecule has 1 heterocycles. The number of benzene rings is 1. The molecule has 2 heteroatoms. The Morgan fingerprint density at radius 1 is 1.07 bits per heavy atom. The highest BCUT2D eigenvalue weighted by Crippen LogP contribution is 2.22. The van der Waals surface area contributed by atoms with Crippen LogP contribution in [0.15, 0.2) is 30.3 Å². The van der Waals surface area contributed by atoms with Crippen LogP contribution in [0.5, 0.6) is 0 Å². The van der Waals surface area contributed by atoms with E-state index in [1.165, 1.54) is 5.69 Å². The predicted molar refractivity (Wildman–Crippen MR) is 63.1 cm³/mol. The number of ether oxygens (including phenoxy) is 1. The van der Waals surface area contributed by atoms with Crippen molar-refractivity contribution in [2.24, 2.45) is 0 Å². The fourth-order valence-electron chi connectivity index (χ4n) is 2.29. The van der Waals surface area contributed by atoms with Crippen molar-refractivity contribution >= 4 is 5.69 Å². The normalized spacial score (nSPS) is 31.2. The second kappa shape index (κ2) is 4.67. The third kappa shape index (κ3) is 2.96. The summed E-state index contributed by atoms with van der Waals surface area (Å²) in [5.74, 6) is 0. The van der Waals surface area contributed by atoms with E-state index in [9.17, 15) is 0 Å². The number of hydrogen-bond acceptors (Lipinski definition) is 2. The first kappa shape index (κ1) is 10.5. The van der Waals surface area contributed by atoms with Crippen molar-refractivity contribution in [3.8, 4) is 0 Å². The Hall–Kier alpha value is -1.02. The quantitative estimate of drug-likeness (QED) is 0.801. The zero-order valence-electron chi connectivity index (χ0n) is 9.44. The summed E-state index contributed by atoms with van der Waals surface area (Å²) in [6.07, 6.45) is 2.93. The van der Waals surface area contributed by atoms with Crippen LogP contribution in [0.4, 0.5) is 5.69 Å². The van der Waals surface area contributed by atoms with Crippen LogP contribution in [0.25, 0.3) is 0 Å². The molecule has 1 aliphatic rings. The zero-order valence-corrected chi connectivity index (χ0v) is 9.44. The molecule has 0 amide bonds. The van der Waals surface area contributed by atoms with Gasteiger partial charge in [-0.2, -0.15) is 0 Å². The zero-order chi connectivity index (χ0) is 10.7. The van der Waals surface area contributed by atoms with Crippen LogP contribution in [0.1, 0.15) is 26.7 Å². The molecule has 0 bridgehead atoms. The average Bonchev–Trinajstić information content (AvgIpc) is 2.17. The van der Waals surface area contributed by atoms with Crippen LogP contribution in [0.2, 0.25) is 0 Å². The van der Waals surface area contributed by atoms with Crippen molar-refractivity contribution in [3.05, 3.63) is 30.3 Å². The van der Waals surface area contributed by atoms with Gasteiger partial charge in [-0.05, 0) is 38.8 Å². The molecular weight excluding hydrogens is 186 g/mol. The Bertz CT molecular complexity index is 289. The highest BCUT2D eigenvalue weighted by molar-refractivity contribution is 5.43. The minimum Gasteiger partial charge on any atom is -0.382 e. The molecule has 1 saturated heterocycles. The molecule has 82 valence electrons. The highest BCUT2D eigenvalue weighted by Gasteiger charge is 2.23. The molecule has 0 saturated carbocycles. The molecule has 1 aromatic carbocycles. The van der Waals surface area contributed by atoms with Crippen molar-refractivity contribution in [2.45, 2.75) is 44.9 Å². The van der Waals surface area contributed by atoms with Crippen LogP contribution >= 0.6 is 0 Å². The van der Waals surface area contributed by atoms with Gasteiger partial charge in [-0.15, -0.1) is 0 Å². The Morgan fingerprint density at radius 2 is 1.67 bits per heavy atom. The van der Waals surface area contributed by atoms with E-state index in [1.807, 2.05) is 6.07 Å². The van der Waals surface area contributed by atoms with Gasteiger partial charge in [0.05, 0.1) is 12.2 Å². The van der Waals surface area contributed by atoms with E-state index in [2.05, 4.69) is 43.4 Å². The Kier molecular flexibility index (Phi) is 3.27. The van der Waals surface area contributed by atoms with Gasteiger partial charge in [0.25, 0.3) is 0 Å². The van der Waals surface area contributed by atoms with Gasteiger partial charge >= 0.3 is 0 Å². The lowest BCUT2D eigenvalue weighted by Gasteiger charge is -2.33. The minimum absolute atomic E-state index is 0.370. The van der Waals surface area contributed by atoms with Crippen LogP contribution in [0, 0.1) is 0 Å². The average molecular weight is 205 g/mol. The molecule has 1 aliphatic heterocycles. The number of anilines is 1. The molecule has 0 aliphatic carbocycles. The molecule has 0 aromatic heterocycles. The molecule has 1 aromatic rings. The number of nitrogens with one attached hydrogen (secondary N) is 1. The molecule has 2 nitrogen and oxygen atoms in total. The topological polar surface area (TPSA) is 21.3 Å². The van der Waals surface area contributed by atoms with Crippen molar-refractivity contribution in [2.75, 3.05) is 5.32 Å². The molecule has 1 N–H and O–H groups in total. The van der Waals surface area contributed by atoms with Crippen molar-refractivity contribution in [3.63, 3.8) is 0 Å². The molecule has 2 atom stereocenters. The largest absolute Gasteiger partial charge is 0.382 e. The first-order chi connectivity index (χ1) is 7.24. The van der Waals surface area contributed by atoms with Gasteiger partial charge in [0, 0.05) is 11.7 Å². The summed E-state index contributed by atoms with van der Waals surface area (Å²) in [6, 6.07) is 10.9. The maximum absolute atomic E-state index is 5.71.